The highest BCUT2D eigenvalue weighted by molar-refractivity contribution is 6.03. The van der Waals surface area contributed by atoms with Gasteiger partial charge >= 0.3 is 0 Å². The van der Waals surface area contributed by atoms with Crippen molar-refractivity contribution in [1.29, 1.82) is 0 Å². The minimum atomic E-state index is 0.687. The SMILES string of the molecule is CC1=CC(C)=Nc2c(ccc3nonc23)N1. The molecule has 2 heterocycles. The van der Waals surface area contributed by atoms with Crippen molar-refractivity contribution in [2.45, 2.75) is 13.8 Å². The molecule has 0 saturated carbocycles. The molecule has 0 aliphatic carbocycles. The number of nitrogens with one attached hydrogen (secondary N) is 1. The van der Waals surface area contributed by atoms with Gasteiger partial charge in [-0.1, -0.05) is 0 Å². The van der Waals surface area contributed by atoms with Crippen molar-refractivity contribution in [3.8, 4) is 0 Å². The number of hydrogen-bond donors (Lipinski definition) is 1. The molecule has 1 N–H and O–H groups in total. The van der Waals surface area contributed by atoms with Gasteiger partial charge in [0.1, 0.15) is 11.2 Å². The number of fused-ring (bicyclic) bond motifs is 3. The lowest BCUT2D eigenvalue weighted by Gasteiger charge is -2.05. The highest BCUT2D eigenvalue weighted by Gasteiger charge is 2.13. The monoisotopic (exact) mass is 214 g/mol. The normalized spacial score (nSPS) is 14.9. The maximum absolute atomic E-state index is 4.72. The molecule has 0 spiro atoms. The summed E-state index contributed by atoms with van der Waals surface area (Å²) in [6, 6.07) is 3.79. The molecule has 0 fully saturated rings. The quantitative estimate of drug-likeness (QED) is 0.732. The summed E-state index contributed by atoms with van der Waals surface area (Å²) in [7, 11) is 0. The van der Waals surface area contributed by atoms with Crippen molar-refractivity contribution in [2.24, 2.45) is 4.99 Å². The van der Waals surface area contributed by atoms with Gasteiger partial charge in [0.2, 0.25) is 0 Å². The highest BCUT2D eigenvalue weighted by atomic mass is 16.6. The lowest BCUT2D eigenvalue weighted by atomic mass is 10.2. The Kier molecular flexibility index (Phi) is 1.80. The molecule has 1 aromatic heterocycles. The molecular weight excluding hydrogens is 204 g/mol. The predicted octanol–water partition coefficient (Wildman–Crippen LogP) is 2.64. The summed E-state index contributed by atoms with van der Waals surface area (Å²) in [6.45, 7) is 3.95. The van der Waals surface area contributed by atoms with E-state index in [2.05, 4.69) is 20.6 Å². The van der Waals surface area contributed by atoms with Gasteiger partial charge in [-0.3, -0.25) is 0 Å². The Labute approximate surface area is 91.8 Å². The van der Waals surface area contributed by atoms with Gasteiger partial charge in [0.25, 0.3) is 0 Å². The van der Waals surface area contributed by atoms with Crippen LogP contribution in [0.1, 0.15) is 13.8 Å². The molecule has 0 bridgehead atoms. The van der Waals surface area contributed by atoms with Crippen molar-refractivity contribution < 1.29 is 4.63 Å². The number of rotatable bonds is 0. The number of aliphatic imine (C=N–C) groups is 1. The maximum atomic E-state index is 4.72. The van der Waals surface area contributed by atoms with Crippen molar-refractivity contribution in [3.63, 3.8) is 0 Å². The van der Waals surface area contributed by atoms with Crippen molar-refractivity contribution >= 4 is 28.1 Å². The van der Waals surface area contributed by atoms with Gasteiger partial charge in [-0.2, -0.15) is 0 Å². The number of nitrogens with zero attached hydrogens (tertiary/aromatic N) is 3. The van der Waals surface area contributed by atoms with Crippen LogP contribution in [0.25, 0.3) is 11.0 Å². The molecule has 2 aromatic rings. The molecule has 5 nitrogen and oxygen atoms in total. The van der Waals surface area contributed by atoms with E-state index in [0.717, 1.165) is 28.3 Å². The molecule has 0 amide bonds. The minimum Gasteiger partial charge on any atom is -0.357 e. The molecule has 80 valence electrons. The van der Waals surface area contributed by atoms with E-state index >= 15 is 0 Å². The van der Waals surface area contributed by atoms with E-state index in [9.17, 15) is 0 Å². The third-order valence-corrected chi connectivity index (χ3v) is 2.45. The molecule has 0 atom stereocenters. The van der Waals surface area contributed by atoms with E-state index in [4.69, 9.17) is 4.63 Å². The fourth-order valence-electron chi connectivity index (χ4n) is 1.82. The zero-order valence-electron chi connectivity index (χ0n) is 8.98. The molecule has 0 unspecified atom stereocenters. The smallest absolute Gasteiger partial charge is 0.162 e. The average molecular weight is 214 g/mol. The summed E-state index contributed by atoms with van der Waals surface area (Å²) in [5.74, 6) is 0. The molecule has 1 aliphatic heterocycles. The van der Waals surface area contributed by atoms with Gasteiger partial charge in [0.05, 0.1) is 5.69 Å². The Hall–Kier alpha value is -2.17. The van der Waals surface area contributed by atoms with Crippen LogP contribution in [-0.2, 0) is 0 Å². The van der Waals surface area contributed by atoms with E-state index < -0.39 is 0 Å². The molecular formula is C11H10N4O. The molecule has 0 radical (unpaired) electrons. The summed E-state index contributed by atoms with van der Waals surface area (Å²) in [5.41, 5.74) is 5.09. The fraction of sp³-hybridized carbons (Fsp3) is 0.182. The predicted molar refractivity (Wildman–Crippen MR) is 62.0 cm³/mol. The van der Waals surface area contributed by atoms with Crippen molar-refractivity contribution in [1.82, 2.24) is 10.3 Å². The van der Waals surface area contributed by atoms with E-state index in [1.165, 1.54) is 0 Å². The second kappa shape index (κ2) is 3.16. The summed E-state index contributed by atoms with van der Waals surface area (Å²) in [6.07, 6.45) is 1.99. The molecule has 16 heavy (non-hydrogen) atoms. The molecule has 3 rings (SSSR count). The zero-order chi connectivity index (χ0) is 11.1. The van der Waals surface area contributed by atoms with E-state index in [0.29, 0.717) is 5.52 Å². The standard InChI is InChI=1S/C11H10N4O/c1-6-5-7(2)13-10-8(12-6)3-4-9-11(10)15-16-14-9/h3-5,12H,1-2H3. The second-order valence-corrected chi connectivity index (χ2v) is 3.80. The number of aromatic nitrogens is 2. The topological polar surface area (TPSA) is 63.3 Å². The number of hydrogen-bond acceptors (Lipinski definition) is 5. The third kappa shape index (κ3) is 1.29. The number of benzene rings is 1. The van der Waals surface area contributed by atoms with Crippen LogP contribution in [0.5, 0.6) is 0 Å². The summed E-state index contributed by atoms with van der Waals surface area (Å²) < 4.78 is 4.72. The summed E-state index contributed by atoms with van der Waals surface area (Å²) in [5, 5.41) is 10.9. The van der Waals surface area contributed by atoms with Crippen LogP contribution in [0.3, 0.4) is 0 Å². The average Bonchev–Trinajstić information content (AvgIpc) is 2.64. The molecule has 0 saturated heterocycles. The molecule has 1 aromatic carbocycles. The van der Waals surface area contributed by atoms with Gasteiger partial charge in [-0.25, -0.2) is 9.62 Å². The van der Waals surface area contributed by atoms with Gasteiger partial charge < -0.3 is 5.32 Å². The first-order valence-electron chi connectivity index (χ1n) is 5.00. The maximum Gasteiger partial charge on any atom is 0.162 e. The number of anilines is 1. The van der Waals surface area contributed by atoms with Crippen LogP contribution in [0.4, 0.5) is 11.4 Å². The first kappa shape index (κ1) is 9.08. The lowest BCUT2D eigenvalue weighted by Crippen LogP contribution is -1.95. The largest absolute Gasteiger partial charge is 0.357 e. The zero-order valence-corrected chi connectivity index (χ0v) is 8.98. The van der Waals surface area contributed by atoms with Gasteiger partial charge in [0, 0.05) is 11.4 Å². The molecule has 5 heteroatoms. The Morgan fingerprint density at radius 2 is 2.06 bits per heavy atom. The van der Waals surface area contributed by atoms with Gasteiger partial charge in [-0.15, -0.1) is 0 Å². The first-order valence-corrected chi connectivity index (χ1v) is 5.00. The van der Waals surface area contributed by atoms with E-state index in [1.54, 1.807) is 0 Å². The minimum absolute atomic E-state index is 0.687. The van der Waals surface area contributed by atoms with Crippen LogP contribution in [0, 0.1) is 0 Å². The lowest BCUT2D eigenvalue weighted by molar-refractivity contribution is 0.315. The van der Waals surface area contributed by atoms with Crippen LogP contribution >= 0.6 is 0 Å². The van der Waals surface area contributed by atoms with E-state index in [1.807, 2.05) is 32.1 Å². The van der Waals surface area contributed by atoms with Crippen molar-refractivity contribution in [3.05, 3.63) is 23.9 Å². The molecule has 1 aliphatic rings. The third-order valence-electron chi connectivity index (χ3n) is 2.45. The Bertz CT molecular complexity index is 624. The Morgan fingerprint density at radius 3 is 2.94 bits per heavy atom. The highest BCUT2D eigenvalue weighted by Crippen LogP contribution is 2.34. The first-order chi connectivity index (χ1) is 7.74. The van der Waals surface area contributed by atoms with Gasteiger partial charge in [0.15, 0.2) is 5.52 Å². The van der Waals surface area contributed by atoms with Crippen LogP contribution < -0.4 is 5.32 Å². The summed E-state index contributed by atoms with van der Waals surface area (Å²) >= 11 is 0. The van der Waals surface area contributed by atoms with E-state index in [-0.39, 0.29) is 0 Å². The fourth-order valence-corrected chi connectivity index (χ4v) is 1.82. The van der Waals surface area contributed by atoms with Gasteiger partial charge in [-0.05, 0) is 42.4 Å². The van der Waals surface area contributed by atoms with Crippen LogP contribution in [0.15, 0.2) is 33.5 Å². The second-order valence-electron chi connectivity index (χ2n) is 3.80. The van der Waals surface area contributed by atoms with Crippen molar-refractivity contribution in [2.75, 3.05) is 5.32 Å². The Morgan fingerprint density at radius 1 is 1.19 bits per heavy atom. The van der Waals surface area contributed by atoms with Crippen LogP contribution in [0.2, 0.25) is 0 Å². The summed E-state index contributed by atoms with van der Waals surface area (Å²) in [4.78, 5) is 4.51. The van der Waals surface area contributed by atoms with Crippen LogP contribution in [-0.4, -0.2) is 16.0 Å². The Balaban J connectivity index is 2.34. The number of allylic oxidation sites excluding steroid dienone is 2.